The highest BCUT2D eigenvalue weighted by molar-refractivity contribution is 7.13. The molecule has 1 aliphatic carbocycles. The summed E-state index contributed by atoms with van der Waals surface area (Å²) in [6.07, 6.45) is 3.74. The summed E-state index contributed by atoms with van der Waals surface area (Å²) in [6.45, 7) is 1.65. The maximum atomic E-state index is 12.8. The highest BCUT2D eigenvalue weighted by Crippen LogP contribution is 2.46. The molecule has 1 aromatic heterocycles. The third-order valence-electron chi connectivity index (χ3n) is 6.79. The van der Waals surface area contributed by atoms with E-state index in [-0.39, 0.29) is 12.0 Å². The quantitative estimate of drug-likeness (QED) is 0.332. The number of hydrogen-bond donors (Lipinski definition) is 2. The van der Waals surface area contributed by atoms with Crippen LogP contribution < -0.4 is 9.47 Å². The lowest BCUT2D eigenvalue weighted by atomic mass is 9.65. The first-order valence-corrected chi connectivity index (χ1v) is 12.8. The first-order valence-electron chi connectivity index (χ1n) is 11.5. The summed E-state index contributed by atoms with van der Waals surface area (Å²) < 4.78 is 10.7. The van der Waals surface area contributed by atoms with E-state index in [4.69, 9.17) is 21.1 Å². The van der Waals surface area contributed by atoms with Crippen LogP contribution in [0.5, 0.6) is 11.5 Å². The Balaban J connectivity index is 1.74. The van der Waals surface area contributed by atoms with Crippen LogP contribution >= 0.6 is 22.9 Å². The molecular weight excluding hydrogens is 514 g/mol. The molecule has 0 saturated carbocycles. The second kappa shape index (κ2) is 10.8. The third-order valence-corrected chi connectivity index (χ3v) is 7.99. The van der Waals surface area contributed by atoms with E-state index in [0.717, 1.165) is 11.1 Å². The number of thiazole rings is 1. The lowest BCUT2D eigenvalue weighted by Gasteiger charge is -2.36. The van der Waals surface area contributed by atoms with Crippen molar-refractivity contribution in [3.8, 4) is 22.1 Å². The summed E-state index contributed by atoms with van der Waals surface area (Å²) in [6, 6.07) is 12.7. The highest BCUT2D eigenvalue weighted by atomic mass is 35.5. The van der Waals surface area contributed by atoms with Gasteiger partial charge in [0.05, 0.1) is 30.4 Å². The Morgan fingerprint density at radius 2 is 1.84 bits per heavy atom. The second-order valence-corrected chi connectivity index (χ2v) is 10.0. The Hall–Kier alpha value is -3.62. The SMILES string of the molecule is COc1ccc(CCC2(C(=O)O)C=C(c3csc(-c4ccccc4Cl)n3)C=C(C(=O)O)C2C)cc1OC. The number of nitrogens with zero attached hydrogens (tertiary/aromatic N) is 1. The Kier molecular flexibility index (Phi) is 7.71. The van der Waals surface area contributed by atoms with Crippen LogP contribution in [0, 0.1) is 11.3 Å². The van der Waals surface area contributed by atoms with E-state index in [1.807, 2.05) is 24.3 Å². The van der Waals surface area contributed by atoms with E-state index in [9.17, 15) is 19.8 Å². The van der Waals surface area contributed by atoms with Gasteiger partial charge in [-0.05, 0) is 48.3 Å². The molecule has 0 bridgehead atoms. The number of halogens is 1. The number of aliphatic carboxylic acids is 2. The number of aryl methyl sites for hydroxylation is 1. The number of carboxylic acids is 2. The molecule has 0 radical (unpaired) electrons. The summed E-state index contributed by atoms with van der Waals surface area (Å²) in [7, 11) is 3.08. The minimum atomic E-state index is -1.46. The van der Waals surface area contributed by atoms with Gasteiger partial charge < -0.3 is 19.7 Å². The zero-order chi connectivity index (χ0) is 26.7. The maximum Gasteiger partial charge on any atom is 0.331 e. The van der Waals surface area contributed by atoms with Crippen LogP contribution in [-0.4, -0.2) is 41.4 Å². The van der Waals surface area contributed by atoms with Crippen LogP contribution in [0.2, 0.25) is 5.02 Å². The van der Waals surface area contributed by atoms with Gasteiger partial charge in [-0.2, -0.15) is 0 Å². The van der Waals surface area contributed by atoms with Crippen molar-refractivity contribution < 1.29 is 29.3 Å². The normalized spacial score (nSPS) is 19.1. The van der Waals surface area contributed by atoms with Gasteiger partial charge in [0.15, 0.2) is 11.5 Å². The molecule has 192 valence electrons. The number of benzene rings is 2. The van der Waals surface area contributed by atoms with Crippen LogP contribution in [0.3, 0.4) is 0 Å². The molecule has 3 aromatic rings. The minimum absolute atomic E-state index is 0.0273. The van der Waals surface area contributed by atoms with E-state index in [1.165, 1.54) is 24.5 Å². The third kappa shape index (κ3) is 5.12. The molecule has 0 amide bonds. The van der Waals surface area contributed by atoms with E-state index in [1.54, 1.807) is 43.7 Å². The smallest absolute Gasteiger partial charge is 0.331 e. The molecular formula is C28H26ClNO6S. The number of aromatic nitrogens is 1. The summed E-state index contributed by atoms with van der Waals surface area (Å²) in [4.78, 5) is 29.7. The highest BCUT2D eigenvalue weighted by Gasteiger charge is 2.47. The Morgan fingerprint density at radius 1 is 1.11 bits per heavy atom. The number of methoxy groups -OCH3 is 2. The lowest BCUT2D eigenvalue weighted by Crippen LogP contribution is -2.40. The van der Waals surface area contributed by atoms with Crippen LogP contribution in [0.25, 0.3) is 16.1 Å². The van der Waals surface area contributed by atoms with Crippen molar-refractivity contribution in [1.29, 1.82) is 0 Å². The van der Waals surface area contributed by atoms with Crippen LogP contribution in [0.1, 0.15) is 24.6 Å². The molecule has 0 saturated heterocycles. The molecule has 2 N–H and O–H groups in total. The molecule has 0 fully saturated rings. The Bertz CT molecular complexity index is 1410. The van der Waals surface area contributed by atoms with E-state index in [0.29, 0.717) is 39.2 Å². The van der Waals surface area contributed by atoms with Crippen LogP contribution in [0.4, 0.5) is 0 Å². The molecule has 4 rings (SSSR count). The first kappa shape index (κ1) is 26.4. The molecule has 9 heteroatoms. The number of carboxylic acid groups (broad SMARTS) is 2. The van der Waals surface area contributed by atoms with Crippen molar-refractivity contribution in [2.45, 2.75) is 19.8 Å². The molecule has 2 unspecified atom stereocenters. The number of rotatable bonds is 9. The summed E-state index contributed by atoms with van der Waals surface area (Å²) in [5.74, 6) is -1.91. The van der Waals surface area contributed by atoms with Crippen molar-refractivity contribution in [3.63, 3.8) is 0 Å². The monoisotopic (exact) mass is 539 g/mol. The second-order valence-electron chi connectivity index (χ2n) is 8.78. The predicted molar refractivity (Wildman–Crippen MR) is 143 cm³/mol. The fraction of sp³-hybridized carbons (Fsp3) is 0.250. The fourth-order valence-corrected chi connectivity index (χ4v) is 5.75. The van der Waals surface area contributed by atoms with Crippen molar-refractivity contribution in [2.24, 2.45) is 11.3 Å². The van der Waals surface area contributed by atoms with Gasteiger partial charge in [-0.15, -0.1) is 11.3 Å². The topological polar surface area (TPSA) is 106 Å². The van der Waals surface area contributed by atoms with E-state index >= 15 is 0 Å². The van der Waals surface area contributed by atoms with Gasteiger partial charge in [-0.25, -0.2) is 9.78 Å². The molecule has 7 nitrogen and oxygen atoms in total. The number of ether oxygens (including phenoxy) is 2. The fourth-order valence-electron chi connectivity index (χ4n) is 4.60. The van der Waals surface area contributed by atoms with Gasteiger partial charge in [0.1, 0.15) is 5.01 Å². The first-order chi connectivity index (χ1) is 17.7. The molecule has 1 aliphatic rings. The van der Waals surface area contributed by atoms with Gasteiger partial charge in [0.2, 0.25) is 0 Å². The van der Waals surface area contributed by atoms with Crippen LogP contribution in [-0.2, 0) is 16.0 Å². The van der Waals surface area contributed by atoms with Gasteiger partial charge in [-0.1, -0.05) is 48.9 Å². The van der Waals surface area contributed by atoms with E-state index in [2.05, 4.69) is 4.98 Å². The largest absolute Gasteiger partial charge is 0.493 e. The number of hydrogen-bond acceptors (Lipinski definition) is 6. The van der Waals surface area contributed by atoms with Gasteiger partial charge in [0, 0.05) is 22.4 Å². The van der Waals surface area contributed by atoms with Crippen LogP contribution in [0.15, 0.2) is 65.6 Å². The van der Waals surface area contributed by atoms with Gasteiger partial charge in [0.25, 0.3) is 0 Å². The molecule has 2 atom stereocenters. The molecule has 1 heterocycles. The molecule has 0 aliphatic heterocycles. The van der Waals surface area contributed by atoms with Crippen molar-refractivity contribution in [2.75, 3.05) is 14.2 Å². The Morgan fingerprint density at radius 3 is 2.49 bits per heavy atom. The van der Waals surface area contributed by atoms with E-state index < -0.39 is 23.3 Å². The summed E-state index contributed by atoms with van der Waals surface area (Å²) in [5.41, 5.74) is 1.13. The molecule has 0 spiro atoms. The molecule has 37 heavy (non-hydrogen) atoms. The average molecular weight is 540 g/mol. The average Bonchev–Trinajstić information content (AvgIpc) is 3.38. The Labute approximate surface area is 223 Å². The van der Waals surface area contributed by atoms with Gasteiger partial charge >= 0.3 is 11.9 Å². The predicted octanol–water partition coefficient (Wildman–Crippen LogP) is 6.23. The number of allylic oxidation sites excluding steroid dienone is 2. The zero-order valence-electron chi connectivity index (χ0n) is 20.5. The summed E-state index contributed by atoms with van der Waals surface area (Å²) >= 11 is 7.69. The lowest BCUT2D eigenvalue weighted by molar-refractivity contribution is -0.148. The standard InChI is InChI=1S/C28H26ClNO6S/c1-16-20(26(31)32)13-18(22-15-37-25(30-22)19-6-4-5-7-21(19)29)14-28(16,27(33)34)11-10-17-8-9-23(35-2)24(12-17)36-3/h4-9,12-16H,10-11H2,1-3H3,(H,31,32)(H,33,34). The van der Waals surface area contributed by atoms with Crippen molar-refractivity contribution in [3.05, 3.63) is 81.8 Å². The van der Waals surface area contributed by atoms with Crippen molar-refractivity contribution >= 4 is 40.4 Å². The zero-order valence-corrected chi connectivity index (χ0v) is 22.1. The maximum absolute atomic E-state index is 12.8. The van der Waals surface area contributed by atoms with Crippen molar-refractivity contribution in [1.82, 2.24) is 4.98 Å². The molecule has 2 aromatic carbocycles. The van der Waals surface area contributed by atoms with Gasteiger partial charge in [-0.3, -0.25) is 4.79 Å². The minimum Gasteiger partial charge on any atom is -0.493 e. The number of carbonyl (C=O) groups is 2. The summed E-state index contributed by atoms with van der Waals surface area (Å²) in [5, 5.41) is 23.4.